The van der Waals surface area contributed by atoms with Gasteiger partial charge in [0.25, 0.3) is 0 Å². The lowest BCUT2D eigenvalue weighted by Gasteiger charge is -2.34. The van der Waals surface area contributed by atoms with Crippen molar-refractivity contribution in [2.45, 2.75) is 90.3 Å². The van der Waals surface area contributed by atoms with Gasteiger partial charge >= 0.3 is 12.1 Å². The maximum atomic E-state index is 15.9. The Balaban J connectivity index is 1.39. The van der Waals surface area contributed by atoms with Gasteiger partial charge in [0.1, 0.15) is 41.9 Å². The van der Waals surface area contributed by atoms with Crippen molar-refractivity contribution in [1.82, 2.24) is 20.2 Å². The molecule has 2 aliphatic carbocycles. The summed E-state index contributed by atoms with van der Waals surface area (Å²) < 4.78 is 33.3. The first-order chi connectivity index (χ1) is 20.3. The van der Waals surface area contributed by atoms with Crippen LogP contribution in [0.1, 0.15) is 71.7 Å². The van der Waals surface area contributed by atoms with E-state index in [9.17, 15) is 19.5 Å². The van der Waals surface area contributed by atoms with Gasteiger partial charge in [0.05, 0.1) is 24.7 Å². The Hall–Kier alpha value is -3.70. The summed E-state index contributed by atoms with van der Waals surface area (Å²) in [6, 6.07) is 2.83. The third-order valence-electron chi connectivity index (χ3n) is 9.72. The molecule has 232 valence electrons. The molecule has 3 unspecified atom stereocenters. The molecular formula is C31H39FN4O7. The lowest BCUT2D eigenvalue weighted by molar-refractivity contribution is -0.151. The Bertz CT molecular complexity index is 1460. The Morgan fingerprint density at radius 2 is 1.93 bits per heavy atom. The average molecular weight is 599 g/mol. The molecule has 6 rings (SSSR count). The number of carbonyl (C=O) groups is 3. The fraction of sp³-hybridized carbons (Fsp3) is 0.645. The van der Waals surface area contributed by atoms with Crippen molar-refractivity contribution >= 4 is 29.0 Å². The minimum Gasteiger partial charge on any atom is -0.497 e. The summed E-state index contributed by atoms with van der Waals surface area (Å²) in [4.78, 5) is 49.9. The predicted molar refractivity (Wildman–Crippen MR) is 152 cm³/mol. The molecule has 8 atom stereocenters. The largest absolute Gasteiger partial charge is 0.497 e. The smallest absolute Gasteiger partial charge is 0.408 e. The van der Waals surface area contributed by atoms with Crippen LogP contribution in [-0.4, -0.2) is 75.9 Å². The van der Waals surface area contributed by atoms with Gasteiger partial charge in [-0.05, 0) is 55.6 Å². The number of fused-ring (bicyclic) bond motifs is 4. The first-order valence-corrected chi connectivity index (χ1v) is 15.0. The molecule has 1 spiro atoms. The van der Waals surface area contributed by atoms with E-state index < -0.39 is 53.7 Å². The topological polar surface area (TPSA) is 140 Å². The standard InChI is InChI=1S/C31H39FN4O7/c1-15-21-14-36(24(15)28(38)39)27(37)25(30(2,3)4)35-29(40)43-22-13-31(22)12-16(31)7-6-8-18(32)23-26(42-21)34-20-11-17(41-5)9-10-19(20)33-23/h9-11,15-16,18,21-22,24-25H,6-8,12-14H2,1-5H3,(H,35,40)(H,38,39)/t15-,16?,18?,21+,22-,24+,25-,31?/m1/s1. The molecular weight excluding hydrogens is 559 g/mol. The highest BCUT2D eigenvalue weighted by atomic mass is 19.1. The van der Waals surface area contributed by atoms with E-state index in [1.165, 1.54) is 12.0 Å². The molecule has 4 aliphatic rings. The third-order valence-corrected chi connectivity index (χ3v) is 9.72. The van der Waals surface area contributed by atoms with E-state index in [1.807, 2.05) is 0 Å². The van der Waals surface area contributed by atoms with Crippen LogP contribution in [0.15, 0.2) is 18.2 Å². The van der Waals surface area contributed by atoms with Crippen LogP contribution >= 0.6 is 0 Å². The maximum absolute atomic E-state index is 15.9. The molecule has 2 amide bonds. The second kappa shape index (κ2) is 10.5. The Labute approximate surface area is 249 Å². The highest BCUT2D eigenvalue weighted by Gasteiger charge is 2.72. The minimum atomic E-state index is -1.46. The molecule has 2 bridgehead atoms. The molecule has 3 heterocycles. The number of alkyl halides is 1. The monoisotopic (exact) mass is 598 g/mol. The molecule has 12 heteroatoms. The van der Waals surface area contributed by atoms with Gasteiger partial charge in [-0.15, -0.1) is 0 Å². The molecule has 2 aliphatic heterocycles. The van der Waals surface area contributed by atoms with Gasteiger partial charge in [-0.2, -0.15) is 0 Å². The summed E-state index contributed by atoms with van der Waals surface area (Å²) in [5.41, 5.74) is 0.174. The normalized spacial score (nSPS) is 34.4. The number of alkyl carbamates (subject to hydrolysis) is 1. The maximum Gasteiger partial charge on any atom is 0.408 e. The molecule has 1 aromatic carbocycles. The van der Waals surface area contributed by atoms with Crippen molar-refractivity contribution in [3.05, 3.63) is 23.9 Å². The quantitative estimate of drug-likeness (QED) is 0.514. The number of halogens is 1. The van der Waals surface area contributed by atoms with Crippen molar-refractivity contribution in [3.8, 4) is 11.6 Å². The fourth-order valence-electron chi connectivity index (χ4n) is 6.94. The van der Waals surface area contributed by atoms with Gasteiger partial charge in [-0.3, -0.25) is 4.79 Å². The number of nitrogens with one attached hydrogen (secondary N) is 1. The Morgan fingerprint density at radius 1 is 1.16 bits per heavy atom. The van der Waals surface area contributed by atoms with Gasteiger partial charge in [0.15, 0.2) is 0 Å². The summed E-state index contributed by atoms with van der Waals surface area (Å²) in [5.74, 6) is -1.56. The molecule has 0 radical (unpaired) electrons. The van der Waals surface area contributed by atoms with Gasteiger partial charge < -0.3 is 29.5 Å². The van der Waals surface area contributed by atoms with E-state index in [1.54, 1.807) is 45.9 Å². The average Bonchev–Trinajstić information content (AvgIpc) is 3.79. The number of aliphatic carboxylic acids is 1. The number of hydrogen-bond acceptors (Lipinski definition) is 8. The minimum absolute atomic E-state index is 0.0242. The van der Waals surface area contributed by atoms with Crippen LogP contribution < -0.4 is 14.8 Å². The molecule has 2 saturated carbocycles. The predicted octanol–water partition coefficient (Wildman–Crippen LogP) is 4.43. The van der Waals surface area contributed by atoms with E-state index >= 15 is 4.39 Å². The summed E-state index contributed by atoms with van der Waals surface area (Å²) in [5, 5.41) is 12.9. The lowest BCUT2D eigenvalue weighted by atomic mass is 9.85. The van der Waals surface area contributed by atoms with Crippen molar-refractivity contribution in [1.29, 1.82) is 0 Å². The van der Waals surface area contributed by atoms with Crippen molar-refractivity contribution in [2.75, 3.05) is 13.7 Å². The first kappa shape index (κ1) is 29.4. The van der Waals surface area contributed by atoms with E-state index in [2.05, 4.69) is 15.3 Å². The molecule has 1 aromatic heterocycles. The van der Waals surface area contributed by atoms with Crippen molar-refractivity contribution < 1.29 is 38.1 Å². The third kappa shape index (κ3) is 5.33. The van der Waals surface area contributed by atoms with Crippen LogP contribution in [0.2, 0.25) is 0 Å². The van der Waals surface area contributed by atoms with Crippen LogP contribution in [0.4, 0.5) is 9.18 Å². The number of nitrogens with zero attached hydrogens (tertiary/aromatic N) is 3. The number of carboxylic acid groups (broad SMARTS) is 1. The van der Waals surface area contributed by atoms with Crippen LogP contribution in [0, 0.1) is 22.7 Å². The van der Waals surface area contributed by atoms with Crippen LogP contribution in [0.25, 0.3) is 11.0 Å². The number of methoxy groups -OCH3 is 1. The number of benzene rings is 1. The zero-order valence-electron chi connectivity index (χ0n) is 25.1. The number of rotatable bonds is 2. The Morgan fingerprint density at radius 3 is 2.63 bits per heavy atom. The van der Waals surface area contributed by atoms with Gasteiger partial charge in [-0.25, -0.2) is 23.9 Å². The fourth-order valence-corrected chi connectivity index (χ4v) is 6.94. The Kier molecular flexibility index (Phi) is 7.16. The molecule has 2 aromatic rings. The first-order valence-electron chi connectivity index (χ1n) is 15.0. The summed E-state index contributed by atoms with van der Waals surface area (Å²) in [6.07, 6.45) is 0.0847. The summed E-state index contributed by atoms with van der Waals surface area (Å²) >= 11 is 0. The number of carbonyl (C=O) groups excluding carboxylic acids is 2. The van der Waals surface area contributed by atoms with Gasteiger partial charge in [0.2, 0.25) is 11.8 Å². The van der Waals surface area contributed by atoms with E-state index in [-0.39, 0.29) is 36.1 Å². The molecule has 2 N–H and O–H groups in total. The zero-order valence-corrected chi connectivity index (χ0v) is 25.1. The van der Waals surface area contributed by atoms with E-state index in [4.69, 9.17) is 14.2 Å². The highest BCUT2D eigenvalue weighted by molar-refractivity contribution is 5.90. The van der Waals surface area contributed by atoms with E-state index in [0.717, 1.165) is 19.3 Å². The number of hydrogen-bond donors (Lipinski definition) is 2. The number of carboxylic acids is 1. The van der Waals surface area contributed by atoms with E-state index in [0.29, 0.717) is 29.1 Å². The molecule has 11 nitrogen and oxygen atoms in total. The zero-order chi connectivity index (χ0) is 30.8. The number of ether oxygens (including phenoxy) is 3. The van der Waals surface area contributed by atoms with Crippen LogP contribution in [0.5, 0.6) is 11.6 Å². The molecule has 43 heavy (non-hydrogen) atoms. The van der Waals surface area contributed by atoms with Gasteiger partial charge in [-0.1, -0.05) is 27.7 Å². The summed E-state index contributed by atoms with van der Waals surface area (Å²) in [7, 11) is 1.53. The highest BCUT2D eigenvalue weighted by Crippen LogP contribution is 2.73. The van der Waals surface area contributed by atoms with Crippen molar-refractivity contribution in [2.24, 2.45) is 22.7 Å². The van der Waals surface area contributed by atoms with Crippen LogP contribution in [-0.2, 0) is 14.3 Å². The second-order valence-electron chi connectivity index (χ2n) is 13.6. The van der Waals surface area contributed by atoms with Crippen molar-refractivity contribution in [3.63, 3.8) is 0 Å². The van der Waals surface area contributed by atoms with Gasteiger partial charge in [0, 0.05) is 17.4 Å². The second-order valence-corrected chi connectivity index (χ2v) is 13.6. The molecule has 1 saturated heterocycles. The van der Waals surface area contributed by atoms with Crippen LogP contribution in [0.3, 0.4) is 0 Å². The molecule has 3 fully saturated rings. The number of aromatic nitrogens is 2. The number of amides is 2. The SMILES string of the molecule is COc1ccc2nc3c(nc2c1)O[C@H]1CN(C(=O)[C@H](C(C)(C)C)NC(=O)O[C@@H]2CC24CC4CCCC3F)[C@H](C(=O)O)[C@@H]1C. The lowest BCUT2D eigenvalue weighted by Crippen LogP contribution is -2.57. The summed E-state index contributed by atoms with van der Waals surface area (Å²) in [6.45, 7) is 6.98.